The third kappa shape index (κ3) is 3.60. The second-order valence-corrected chi connectivity index (χ2v) is 8.02. The number of benzene rings is 1. The van der Waals surface area contributed by atoms with E-state index < -0.39 is 6.10 Å². The van der Waals surface area contributed by atoms with Crippen molar-refractivity contribution in [3.8, 4) is 0 Å². The first-order chi connectivity index (χ1) is 13.6. The van der Waals surface area contributed by atoms with Crippen LogP contribution in [0, 0.1) is 18.4 Å². The molecule has 6 heteroatoms. The number of hydrogen-bond donors (Lipinski definition) is 1. The normalized spacial score (nSPS) is 27.7. The van der Waals surface area contributed by atoms with Crippen LogP contribution in [0.5, 0.6) is 0 Å². The van der Waals surface area contributed by atoms with Gasteiger partial charge in [0, 0.05) is 30.2 Å². The number of ether oxygens (including phenoxy) is 1. The Morgan fingerprint density at radius 2 is 2.18 bits per heavy atom. The Labute approximate surface area is 165 Å². The summed E-state index contributed by atoms with van der Waals surface area (Å²) in [7, 11) is 0. The van der Waals surface area contributed by atoms with Crippen LogP contribution in [-0.2, 0) is 9.53 Å². The lowest BCUT2D eigenvalue weighted by molar-refractivity contribution is -0.136. The molecule has 0 bridgehead atoms. The molecule has 1 aromatic heterocycles. The van der Waals surface area contributed by atoms with Crippen molar-refractivity contribution in [1.82, 2.24) is 10.3 Å². The number of nitrogens with one attached hydrogen (secondary N) is 1. The van der Waals surface area contributed by atoms with Gasteiger partial charge in [-0.15, -0.1) is 0 Å². The number of aromatic nitrogens is 1. The summed E-state index contributed by atoms with van der Waals surface area (Å²) in [6, 6.07) is 7.68. The molecule has 0 aliphatic carbocycles. The number of rotatable bonds is 4. The molecular weight excluding hydrogens is 352 g/mol. The zero-order valence-corrected chi connectivity index (χ0v) is 16.4. The van der Waals surface area contributed by atoms with Crippen LogP contribution in [0.15, 0.2) is 30.5 Å². The van der Waals surface area contributed by atoms with Crippen molar-refractivity contribution >= 4 is 28.1 Å². The molecule has 3 heterocycles. The molecule has 2 aromatic rings. The number of morpholine rings is 1. The number of hydrogen-bond acceptors (Lipinski definition) is 5. The molecule has 1 aromatic carbocycles. The van der Waals surface area contributed by atoms with E-state index in [1.165, 1.54) is 0 Å². The minimum atomic E-state index is -0.413. The monoisotopic (exact) mass is 378 g/mol. The first-order valence-corrected chi connectivity index (χ1v) is 9.96. The van der Waals surface area contributed by atoms with Gasteiger partial charge in [-0.05, 0) is 44.0 Å². The maximum atomic E-state index is 13.0. The van der Waals surface area contributed by atoms with Crippen molar-refractivity contribution in [2.45, 2.75) is 32.5 Å². The van der Waals surface area contributed by atoms with E-state index in [4.69, 9.17) is 11.3 Å². The average molecular weight is 378 g/mol. The molecule has 4 rings (SSSR count). The second kappa shape index (κ2) is 7.86. The molecule has 0 spiro atoms. The third-order valence-electron chi connectivity index (χ3n) is 5.95. The summed E-state index contributed by atoms with van der Waals surface area (Å²) in [4.78, 5) is 23.2. The molecule has 1 unspecified atom stereocenters. The maximum absolute atomic E-state index is 13.0. The van der Waals surface area contributed by atoms with Crippen LogP contribution in [0.25, 0.3) is 15.7 Å². The number of carbonyl (C=O) groups is 1. The molecule has 2 aliphatic heterocycles. The molecule has 146 valence electrons. The summed E-state index contributed by atoms with van der Waals surface area (Å²) in [5, 5.41) is 4.32. The van der Waals surface area contributed by atoms with E-state index in [-0.39, 0.29) is 11.9 Å². The number of anilines is 1. The van der Waals surface area contributed by atoms with Gasteiger partial charge in [0.25, 0.3) is 0 Å². The first-order valence-electron chi connectivity index (χ1n) is 9.96. The van der Waals surface area contributed by atoms with Crippen LogP contribution < -0.4 is 10.2 Å². The number of pyridine rings is 1. The van der Waals surface area contributed by atoms with Gasteiger partial charge >= 0.3 is 0 Å². The van der Waals surface area contributed by atoms with Crippen molar-refractivity contribution in [3.05, 3.63) is 41.9 Å². The van der Waals surface area contributed by atoms with Crippen LogP contribution in [0.1, 0.15) is 20.3 Å². The number of carbonyl (C=O) groups excluding carboxylic acids is 1. The van der Waals surface area contributed by atoms with E-state index in [1.54, 1.807) is 6.20 Å². The number of nitrogens with zero attached hydrogens (tertiary/aromatic N) is 3. The van der Waals surface area contributed by atoms with Gasteiger partial charge in [0.1, 0.15) is 6.10 Å². The Morgan fingerprint density at radius 3 is 2.93 bits per heavy atom. The molecule has 6 nitrogen and oxygen atoms in total. The standard InChI is InChI=1S/C22H26N4O2/c1-14-10-24-11-16(14)9-20(27)21-13-26(12-15(2)28-21)19-7-6-18(23-3)22-17(19)5-4-8-25-22/h4-8,14-16,21,24H,9-13H2,1-2H3/t14-,15-,16?,21-/m1/s1. The highest BCUT2D eigenvalue weighted by atomic mass is 16.5. The largest absolute Gasteiger partial charge is 0.365 e. The lowest BCUT2D eigenvalue weighted by Gasteiger charge is -2.38. The van der Waals surface area contributed by atoms with Gasteiger partial charge in [-0.1, -0.05) is 19.1 Å². The molecular formula is C22H26N4O2. The van der Waals surface area contributed by atoms with Crippen LogP contribution >= 0.6 is 0 Å². The minimum absolute atomic E-state index is 0.0333. The Balaban J connectivity index is 1.58. The number of ketones is 1. The van der Waals surface area contributed by atoms with Crippen molar-refractivity contribution in [2.75, 3.05) is 31.1 Å². The van der Waals surface area contributed by atoms with Gasteiger partial charge in [-0.25, -0.2) is 4.85 Å². The Bertz CT molecular complexity index is 922. The fourth-order valence-corrected chi connectivity index (χ4v) is 4.36. The fourth-order valence-electron chi connectivity index (χ4n) is 4.36. The second-order valence-electron chi connectivity index (χ2n) is 8.02. The highest BCUT2D eigenvalue weighted by molar-refractivity contribution is 6.00. The van der Waals surface area contributed by atoms with E-state index in [0.29, 0.717) is 42.6 Å². The number of fused-ring (bicyclic) bond motifs is 1. The van der Waals surface area contributed by atoms with Crippen LogP contribution in [-0.4, -0.2) is 49.2 Å². The Hall–Kier alpha value is -2.49. The summed E-state index contributed by atoms with van der Waals surface area (Å²) >= 11 is 0. The topological polar surface area (TPSA) is 58.8 Å². The van der Waals surface area contributed by atoms with Crippen LogP contribution in [0.2, 0.25) is 0 Å². The van der Waals surface area contributed by atoms with Crippen molar-refractivity contribution in [3.63, 3.8) is 0 Å². The fraction of sp³-hybridized carbons (Fsp3) is 0.500. The molecule has 2 saturated heterocycles. The van der Waals surface area contributed by atoms with E-state index >= 15 is 0 Å². The lowest BCUT2D eigenvalue weighted by Crippen LogP contribution is -2.50. The van der Waals surface area contributed by atoms with Crippen LogP contribution in [0.4, 0.5) is 11.4 Å². The van der Waals surface area contributed by atoms with E-state index in [9.17, 15) is 4.79 Å². The molecule has 28 heavy (non-hydrogen) atoms. The molecule has 0 amide bonds. The van der Waals surface area contributed by atoms with Gasteiger partial charge in [-0.3, -0.25) is 9.78 Å². The van der Waals surface area contributed by atoms with Gasteiger partial charge in [0.2, 0.25) is 5.69 Å². The maximum Gasteiger partial charge on any atom is 0.213 e. The zero-order valence-electron chi connectivity index (χ0n) is 16.4. The Kier molecular flexibility index (Phi) is 5.29. The SMILES string of the molecule is [C-]#[N+]c1ccc(N2C[C@@H](C)O[C@@H](C(=O)CC3CNC[C@H]3C)C2)c2cccnc12. The highest BCUT2D eigenvalue weighted by Gasteiger charge is 2.34. The van der Waals surface area contributed by atoms with Gasteiger partial charge < -0.3 is 15.0 Å². The predicted octanol–water partition coefficient (Wildman–Crippen LogP) is 3.19. The first kappa shape index (κ1) is 18.9. The zero-order chi connectivity index (χ0) is 19.7. The lowest BCUT2D eigenvalue weighted by atomic mass is 9.91. The summed E-state index contributed by atoms with van der Waals surface area (Å²) in [6.07, 6.45) is 1.84. The van der Waals surface area contributed by atoms with E-state index in [2.05, 4.69) is 27.0 Å². The summed E-state index contributed by atoms with van der Waals surface area (Å²) < 4.78 is 6.03. The van der Waals surface area contributed by atoms with Gasteiger partial charge in [0.05, 0.1) is 24.7 Å². The minimum Gasteiger partial charge on any atom is -0.365 e. The molecule has 1 N–H and O–H groups in total. The highest BCUT2D eigenvalue weighted by Crippen LogP contribution is 2.34. The summed E-state index contributed by atoms with van der Waals surface area (Å²) in [5.74, 6) is 1.11. The molecule has 2 aliphatic rings. The molecule has 2 fully saturated rings. The third-order valence-corrected chi connectivity index (χ3v) is 5.95. The molecule has 0 saturated carbocycles. The van der Waals surface area contributed by atoms with E-state index in [0.717, 1.165) is 24.2 Å². The number of Topliss-reactive ketones (excluding diaryl/α,β-unsaturated/α-hetero) is 1. The van der Waals surface area contributed by atoms with Crippen molar-refractivity contribution in [2.24, 2.45) is 11.8 Å². The summed E-state index contributed by atoms with van der Waals surface area (Å²) in [6.45, 7) is 14.8. The predicted molar refractivity (Wildman–Crippen MR) is 110 cm³/mol. The Morgan fingerprint density at radius 1 is 1.32 bits per heavy atom. The van der Waals surface area contributed by atoms with Crippen LogP contribution in [0.3, 0.4) is 0 Å². The van der Waals surface area contributed by atoms with Gasteiger partial charge in [-0.2, -0.15) is 0 Å². The molecule has 0 radical (unpaired) electrons. The average Bonchev–Trinajstić information content (AvgIpc) is 3.11. The summed E-state index contributed by atoms with van der Waals surface area (Å²) in [5.41, 5.74) is 2.28. The van der Waals surface area contributed by atoms with E-state index in [1.807, 2.05) is 31.2 Å². The quantitative estimate of drug-likeness (QED) is 0.828. The molecule has 4 atom stereocenters. The smallest absolute Gasteiger partial charge is 0.213 e. The van der Waals surface area contributed by atoms with Crippen molar-refractivity contribution < 1.29 is 9.53 Å². The van der Waals surface area contributed by atoms with Gasteiger partial charge in [0.15, 0.2) is 5.78 Å². The van der Waals surface area contributed by atoms with Crippen molar-refractivity contribution in [1.29, 1.82) is 0 Å².